The van der Waals surface area contributed by atoms with Gasteiger partial charge in [0.05, 0.1) is 12.2 Å². The number of fused-ring (bicyclic) bond motifs is 5. The minimum atomic E-state index is 0.219. The van der Waals surface area contributed by atoms with E-state index in [0.29, 0.717) is 47.1 Å². The maximum Gasteiger partial charge on any atom is 0.136 e. The van der Waals surface area contributed by atoms with Crippen molar-refractivity contribution in [2.45, 2.75) is 104 Å². The molecule has 160 valence electrons. The van der Waals surface area contributed by atoms with Gasteiger partial charge in [0.2, 0.25) is 0 Å². The number of rotatable bonds is 6. The molecule has 0 aliphatic heterocycles. The lowest BCUT2D eigenvalue weighted by molar-refractivity contribution is -0.166. The van der Waals surface area contributed by atoms with Crippen LogP contribution in [0.3, 0.4) is 0 Å². The molecule has 0 bridgehead atoms. The molecule has 28 heavy (non-hydrogen) atoms. The highest BCUT2D eigenvalue weighted by molar-refractivity contribution is 5.83. The Morgan fingerprint density at radius 2 is 1.57 bits per heavy atom. The highest BCUT2D eigenvalue weighted by atomic mass is 16.5. The van der Waals surface area contributed by atoms with Crippen molar-refractivity contribution >= 4 is 5.78 Å². The fourth-order valence-electron chi connectivity index (χ4n) is 7.81. The quantitative estimate of drug-likeness (QED) is 0.575. The van der Waals surface area contributed by atoms with E-state index in [0.717, 1.165) is 45.3 Å². The predicted octanol–water partition coefficient (Wildman–Crippen LogP) is 5.80. The molecule has 4 rings (SSSR count). The second kappa shape index (κ2) is 8.02. The number of ether oxygens (including phenoxy) is 2. The van der Waals surface area contributed by atoms with Crippen LogP contribution in [0.5, 0.6) is 0 Å². The van der Waals surface area contributed by atoms with Crippen LogP contribution in [0.1, 0.15) is 91.9 Å². The molecular formula is C25H42O3. The van der Waals surface area contributed by atoms with Crippen molar-refractivity contribution in [3.63, 3.8) is 0 Å². The van der Waals surface area contributed by atoms with Crippen LogP contribution in [0.4, 0.5) is 0 Å². The normalized spacial score (nSPS) is 48.1. The molecule has 4 aliphatic rings. The second-order valence-electron chi connectivity index (χ2n) is 10.9. The molecule has 0 amide bonds. The van der Waals surface area contributed by atoms with Crippen molar-refractivity contribution in [1.82, 2.24) is 0 Å². The molecule has 0 unspecified atom stereocenters. The first-order chi connectivity index (χ1) is 13.4. The zero-order valence-corrected chi connectivity index (χ0v) is 18.7. The van der Waals surface area contributed by atoms with Gasteiger partial charge in [-0.1, -0.05) is 27.7 Å². The third kappa shape index (κ3) is 3.29. The predicted molar refractivity (Wildman–Crippen MR) is 112 cm³/mol. The van der Waals surface area contributed by atoms with Crippen molar-refractivity contribution in [2.75, 3.05) is 13.2 Å². The molecule has 4 aliphatic carbocycles. The summed E-state index contributed by atoms with van der Waals surface area (Å²) < 4.78 is 12.4. The third-order valence-electron chi connectivity index (χ3n) is 9.42. The molecule has 3 nitrogen and oxygen atoms in total. The van der Waals surface area contributed by atoms with E-state index in [1.165, 1.54) is 32.1 Å². The van der Waals surface area contributed by atoms with Gasteiger partial charge in [-0.2, -0.15) is 0 Å². The van der Waals surface area contributed by atoms with E-state index >= 15 is 0 Å². The Kier molecular flexibility index (Phi) is 5.97. The van der Waals surface area contributed by atoms with Gasteiger partial charge in [-0.15, -0.1) is 0 Å². The second-order valence-corrected chi connectivity index (χ2v) is 10.9. The minimum Gasteiger partial charge on any atom is -0.378 e. The molecule has 0 radical (unpaired) electrons. The van der Waals surface area contributed by atoms with Crippen LogP contribution in [0, 0.1) is 34.5 Å². The maximum absolute atomic E-state index is 13.5. The topological polar surface area (TPSA) is 35.5 Å². The van der Waals surface area contributed by atoms with Gasteiger partial charge < -0.3 is 9.47 Å². The summed E-state index contributed by atoms with van der Waals surface area (Å²) in [5.41, 5.74) is 0.560. The van der Waals surface area contributed by atoms with E-state index in [9.17, 15) is 4.79 Å². The molecule has 0 aromatic heterocycles. The summed E-state index contributed by atoms with van der Waals surface area (Å²) in [6.45, 7) is 11.1. The zero-order chi connectivity index (χ0) is 19.9. The van der Waals surface area contributed by atoms with Gasteiger partial charge in [0, 0.05) is 25.6 Å². The lowest BCUT2D eigenvalue weighted by atomic mass is 9.45. The first-order valence-corrected chi connectivity index (χ1v) is 12.2. The highest BCUT2D eigenvalue weighted by Crippen LogP contribution is 2.65. The Balaban J connectivity index is 1.52. The summed E-state index contributed by atoms with van der Waals surface area (Å²) in [5.74, 6) is 2.55. The van der Waals surface area contributed by atoms with E-state index in [-0.39, 0.29) is 5.41 Å². The molecule has 3 heteroatoms. The summed E-state index contributed by atoms with van der Waals surface area (Å²) in [6, 6.07) is 0. The summed E-state index contributed by atoms with van der Waals surface area (Å²) in [7, 11) is 0. The Morgan fingerprint density at radius 3 is 2.32 bits per heavy atom. The van der Waals surface area contributed by atoms with Crippen LogP contribution < -0.4 is 0 Å². The fourth-order valence-corrected chi connectivity index (χ4v) is 7.81. The molecule has 0 spiro atoms. The van der Waals surface area contributed by atoms with Crippen molar-refractivity contribution in [1.29, 1.82) is 0 Å². The monoisotopic (exact) mass is 390 g/mol. The van der Waals surface area contributed by atoms with Crippen LogP contribution >= 0.6 is 0 Å². The van der Waals surface area contributed by atoms with Crippen molar-refractivity contribution in [3.8, 4) is 0 Å². The van der Waals surface area contributed by atoms with E-state index in [2.05, 4.69) is 27.7 Å². The lowest BCUT2D eigenvalue weighted by Gasteiger charge is -2.60. The van der Waals surface area contributed by atoms with Crippen LogP contribution in [0.15, 0.2) is 0 Å². The van der Waals surface area contributed by atoms with Gasteiger partial charge in [-0.3, -0.25) is 4.79 Å². The zero-order valence-electron chi connectivity index (χ0n) is 18.7. The smallest absolute Gasteiger partial charge is 0.136 e. The summed E-state index contributed by atoms with van der Waals surface area (Å²) in [5, 5.41) is 0. The average Bonchev–Trinajstić information content (AvgIpc) is 3.01. The molecule has 4 saturated carbocycles. The number of hydrogen-bond donors (Lipinski definition) is 0. The highest BCUT2D eigenvalue weighted by Gasteiger charge is 2.63. The first-order valence-electron chi connectivity index (χ1n) is 12.2. The van der Waals surface area contributed by atoms with Gasteiger partial charge in [0.15, 0.2) is 0 Å². The molecule has 8 atom stereocenters. The Bertz CT molecular complexity index is 574. The minimum absolute atomic E-state index is 0.219. The van der Waals surface area contributed by atoms with Crippen LogP contribution in [0.2, 0.25) is 0 Å². The van der Waals surface area contributed by atoms with Crippen LogP contribution in [0.25, 0.3) is 0 Å². The summed E-state index contributed by atoms with van der Waals surface area (Å²) >= 11 is 0. The Morgan fingerprint density at radius 1 is 0.893 bits per heavy atom. The molecule has 0 saturated heterocycles. The van der Waals surface area contributed by atoms with Crippen molar-refractivity contribution in [3.05, 3.63) is 0 Å². The fraction of sp³-hybridized carbons (Fsp3) is 0.960. The number of carbonyl (C=O) groups excluding carboxylic acids is 1. The van der Waals surface area contributed by atoms with E-state index in [1.807, 2.05) is 0 Å². The standard InChI is InChI=1S/C25H42O3/c1-5-13-27-18-9-11-24(3)17(15-18)16-21(26)23-19-7-8-22(28-14-6-2)25(19,4)12-10-20(23)24/h17-20,22-23H,5-16H2,1-4H3/t17-,18+,19-,20-,22-,23-,24+,25+/m1/s1. The third-order valence-corrected chi connectivity index (χ3v) is 9.42. The average molecular weight is 391 g/mol. The number of hydrogen-bond acceptors (Lipinski definition) is 3. The lowest BCUT2D eigenvalue weighted by Crippen LogP contribution is -2.57. The SMILES string of the molecule is CCCO[C@H]1CC[C@@]2(C)[C@@H](CC(=O)[C@H]3[C@H]2CC[C@@]2(C)[C@@H]3CC[C@H]2OCCC)C1. The number of ketones is 1. The Hall–Kier alpha value is -0.410. The van der Waals surface area contributed by atoms with Gasteiger partial charge >= 0.3 is 0 Å². The largest absolute Gasteiger partial charge is 0.378 e. The van der Waals surface area contributed by atoms with Gasteiger partial charge in [0.25, 0.3) is 0 Å². The first kappa shape index (κ1) is 20.8. The summed E-state index contributed by atoms with van der Waals surface area (Å²) in [4.78, 5) is 13.5. The molecule has 0 N–H and O–H groups in total. The number of carbonyl (C=O) groups is 1. The number of Topliss-reactive ketones (excluding diaryl/α,β-unsaturated/α-hetero) is 1. The van der Waals surface area contributed by atoms with Crippen molar-refractivity contribution in [2.24, 2.45) is 34.5 Å². The molecule has 0 heterocycles. The summed E-state index contributed by atoms with van der Waals surface area (Å²) in [6.07, 6.45) is 12.1. The van der Waals surface area contributed by atoms with Gasteiger partial charge in [0.1, 0.15) is 5.78 Å². The molecule has 0 aromatic carbocycles. The van der Waals surface area contributed by atoms with Gasteiger partial charge in [-0.25, -0.2) is 0 Å². The van der Waals surface area contributed by atoms with Crippen LogP contribution in [-0.2, 0) is 14.3 Å². The van der Waals surface area contributed by atoms with Crippen molar-refractivity contribution < 1.29 is 14.3 Å². The molecule has 0 aromatic rings. The molecule has 4 fully saturated rings. The Labute approximate surface area is 172 Å². The van der Waals surface area contributed by atoms with E-state index < -0.39 is 0 Å². The van der Waals surface area contributed by atoms with Crippen LogP contribution in [-0.4, -0.2) is 31.2 Å². The van der Waals surface area contributed by atoms with Gasteiger partial charge in [-0.05, 0) is 86.4 Å². The maximum atomic E-state index is 13.5. The molecular weight excluding hydrogens is 348 g/mol. The van der Waals surface area contributed by atoms with E-state index in [1.54, 1.807) is 0 Å². The van der Waals surface area contributed by atoms with E-state index in [4.69, 9.17) is 9.47 Å².